The third-order valence-corrected chi connectivity index (χ3v) is 4.55. The highest BCUT2D eigenvalue weighted by molar-refractivity contribution is 6.04. The van der Waals surface area contributed by atoms with Crippen molar-refractivity contribution in [3.05, 3.63) is 65.4 Å². The average Bonchev–Trinajstić information content (AvgIpc) is 3.09. The Morgan fingerprint density at radius 1 is 1.12 bits per heavy atom. The first-order valence-electron chi connectivity index (χ1n) is 8.80. The van der Waals surface area contributed by atoms with Crippen molar-refractivity contribution in [2.75, 3.05) is 20.6 Å². The fourth-order valence-corrected chi connectivity index (χ4v) is 3.13. The number of hydrogen-bond donors (Lipinski definition) is 0. The molecule has 1 aliphatic carbocycles. The number of likely N-dealkylation sites (N-methyl/N-ethyl adjacent to an activating group) is 1. The molecule has 0 unspecified atom stereocenters. The molecule has 2 aromatic carbocycles. The summed E-state index contributed by atoms with van der Waals surface area (Å²) in [7, 11) is 4.19. The molecule has 1 aliphatic rings. The number of hydrogen-bond acceptors (Lipinski definition) is 2. The van der Waals surface area contributed by atoms with E-state index in [9.17, 15) is 0 Å². The molecule has 0 atom stereocenters. The van der Waals surface area contributed by atoms with E-state index in [0.717, 1.165) is 19.4 Å². The molecule has 2 heteroatoms. The SMILES string of the molecule is CCCC/N=C/c1c(C2=CC(N(C)C)=CC2)ccc2ccccc12. The maximum atomic E-state index is 4.69. The first-order valence-corrected chi connectivity index (χ1v) is 8.80. The molecular formula is C22H26N2. The van der Waals surface area contributed by atoms with E-state index in [1.165, 1.54) is 39.6 Å². The van der Waals surface area contributed by atoms with Crippen molar-refractivity contribution in [2.24, 2.45) is 4.99 Å². The molecule has 2 nitrogen and oxygen atoms in total. The first-order chi connectivity index (χ1) is 11.7. The maximum Gasteiger partial charge on any atom is 0.0389 e. The van der Waals surface area contributed by atoms with Gasteiger partial charge < -0.3 is 4.90 Å². The predicted octanol–water partition coefficient (Wildman–Crippen LogP) is 5.29. The summed E-state index contributed by atoms with van der Waals surface area (Å²) in [6, 6.07) is 13.1. The van der Waals surface area contributed by atoms with E-state index >= 15 is 0 Å². The Morgan fingerprint density at radius 3 is 2.71 bits per heavy atom. The van der Waals surface area contributed by atoms with Crippen molar-refractivity contribution >= 4 is 22.6 Å². The highest BCUT2D eigenvalue weighted by Crippen LogP contribution is 2.32. The molecule has 0 spiro atoms. The fraction of sp³-hybridized carbons (Fsp3) is 0.318. The van der Waals surface area contributed by atoms with Gasteiger partial charge in [-0.2, -0.15) is 0 Å². The number of rotatable bonds is 6. The smallest absolute Gasteiger partial charge is 0.0389 e. The molecule has 0 amide bonds. The van der Waals surface area contributed by atoms with Gasteiger partial charge in [-0.05, 0) is 40.8 Å². The van der Waals surface area contributed by atoms with Gasteiger partial charge in [-0.25, -0.2) is 0 Å². The number of benzene rings is 2. The summed E-state index contributed by atoms with van der Waals surface area (Å²) in [5.41, 5.74) is 5.22. The Morgan fingerprint density at radius 2 is 1.96 bits per heavy atom. The summed E-state index contributed by atoms with van der Waals surface area (Å²) in [5.74, 6) is 0. The zero-order valence-corrected chi connectivity index (χ0v) is 14.9. The van der Waals surface area contributed by atoms with Gasteiger partial charge in [-0.15, -0.1) is 0 Å². The van der Waals surface area contributed by atoms with Crippen LogP contribution in [0.3, 0.4) is 0 Å². The molecule has 0 saturated carbocycles. The Kier molecular flexibility index (Phi) is 5.14. The lowest BCUT2D eigenvalue weighted by Gasteiger charge is -2.12. The molecule has 0 bridgehead atoms. The summed E-state index contributed by atoms with van der Waals surface area (Å²) in [6.07, 6.45) is 9.99. The first kappa shape index (κ1) is 16.5. The molecule has 0 aromatic heterocycles. The van der Waals surface area contributed by atoms with E-state index in [-0.39, 0.29) is 0 Å². The van der Waals surface area contributed by atoms with E-state index < -0.39 is 0 Å². The highest BCUT2D eigenvalue weighted by Gasteiger charge is 2.14. The monoisotopic (exact) mass is 318 g/mol. The van der Waals surface area contributed by atoms with Crippen molar-refractivity contribution in [1.29, 1.82) is 0 Å². The normalized spacial score (nSPS) is 14.3. The van der Waals surface area contributed by atoms with Gasteiger partial charge in [0.1, 0.15) is 0 Å². The molecule has 124 valence electrons. The van der Waals surface area contributed by atoms with Crippen LogP contribution in [0, 0.1) is 0 Å². The van der Waals surface area contributed by atoms with Crippen LogP contribution < -0.4 is 0 Å². The van der Waals surface area contributed by atoms with Gasteiger partial charge in [-0.3, -0.25) is 4.99 Å². The second kappa shape index (κ2) is 7.48. The van der Waals surface area contributed by atoms with Crippen LogP contribution >= 0.6 is 0 Å². The number of nitrogens with zero attached hydrogens (tertiary/aromatic N) is 2. The summed E-state index contributed by atoms with van der Waals surface area (Å²) in [6.45, 7) is 3.11. The van der Waals surface area contributed by atoms with Crippen LogP contribution in [0.1, 0.15) is 37.3 Å². The summed E-state index contributed by atoms with van der Waals surface area (Å²) in [4.78, 5) is 6.86. The molecule has 3 rings (SSSR count). The molecule has 0 N–H and O–H groups in total. The summed E-state index contributed by atoms with van der Waals surface area (Å²) >= 11 is 0. The van der Waals surface area contributed by atoms with Crippen LogP contribution in [0.2, 0.25) is 0 Å². The van der Waals surface area contributed by atoms with Gasteiger partial charge >= 0.3 is 0 Å². The third-order valence-electron chi connectivity index (χ3n) is 4.55. The zero-order valence-electron chi connectivity index (χ0n) is 14.9. The lowest BCUT2D eigenvalue weighted by atomic mass is 9.94. The lowest BCUT2D eigenvalue weighted by molar-refractivity contribution is 0.531. The van der Waals surface area contributed by atoms with E-state index in [4.69, 9.17) is 0 Å². The Labute approximate surface area is 145 Å². The maximum absolute atomic E-state index is 4.69. The topological polar surface area (TPSA) is 15.6 Å². The zero-order chi connectivity index (χ0) is 16.9. The molecule has 0 saturated heterocycles. The Balaban J connectivity index is 2.04. The van der Waals surface area contributed by atoms with Gasteiger partial charge in [0.05, 0.1) is 0 Å². The number of fused-ring (bicyclic) bond motifs is 1. The Bertz CT molecular complexity index is 810. The quantitative estimate of drug-likeness (QED) is 0.522. The summed E-state index contributed by atoms with van der Waals surface area (Å²) in [5, 5.41) is 2.56. The molecule has 2 aromatic rings. The third kappa shape index (κ3) is 3.43. The van der Waals surface area contributed by atoms with Gasteiger partial charge in [0.2, 0.25) is 0 Å². The molecular weight excluding hydrogens is 292 g/mol. The number of aliphatic imine (C=N–C) groups is 1. The number of allylic oxidation sites excluding steroid dienone is 3. The molecule has 0 radical (unpaired) electrons. The van der Waals surface area contributed by atoms with Crippen molar-refractivity contribution in [1.82, 2.24) is 4.90 Å². The van der Waals surface area contributed by atoms with Crippen LogP contribution in [-0.4, -0.2) is 31.8 Å². The molecule has 0 fully saturated rings. The molecule has 24 heavy (non-hydrogen) atoms. The van der Waals surface area contributed by atoms with E-state index in [1.807, 2.05) is 0 Å². The van der Waals surface area contributed by atoms with Crippen molar-refractivity contribution in [2.45, 2.75) is 26.2 Å². The van der Waals surface area contributed by atoms with Gasteiger partial charge in [0.15, 0.2) is 0 Å². The standard InChI is InChI=1S/C22H26N2/c1-4-5-14-23-16-22-20-9-7-6-8-17(20)11-13-21(22)18-10-12-19(15-18)24(2)3/h6-9,11-13,15-16H,4-5,10,14H2,1-3H3/b23-16+. The summed E-state index contributed by atoms with van der Waals surface area (Å²) < 4.78 is 0. The lowest BCUT2D eigenvalue weighted by Crippen LogP contribution is -2.07. The van der Waals surface area contributed by atoms with Gasteiger partial charge in [0.25, 0.3) is 0 Å². The van der Waals surface area contributed by atoms with Gasteiger partial charge in [0, 0.05) is 38.1 Å². The van der Waals surface area contributed by atoms with Crippen LogP contribution in [0.25, 0.3) is 16.3 Å². The minimum atomic E-state index is 0.902. The second-order valence-corrected chi connectivity index (χ2v) is 6.53. The van der Waals surface area contributed by atoms with Crippen molar-refractivity contribution in [3.8, 4) is 0 Å². The van der Waals surface area contributed by atoms with Crippen molar-refractivity contribution in [3.63, 3.8) is 0 Å². The van der Waals surface area contributed by atoms with Crippen LogP contribution in [-0.2, 0) is 0 Å². The largest absolute Gasteiger partial charge is 0.378 e. The highest BCUT2D eigenvalue weighted by atomic mass is 15.1. The fourth-order valence-electron chi connectivity index (χ4n) is 3.13. The molecule has 0 aliphatic heterocycles. The minimum absolute atomic E-state index is 0.902. The van der Waals surface area contributed by atoms with Crippen LogP contribution in [0.4, 0.5) is 0 Å². The van der Waals surface area contributed by atoms with Crippen LogP contribution in [0.5, 0.6) is 0 Å². The molecule has 0 heterocycles. The average molecular weight is 318 g/mol. The van der Waals surface area contributed by atoms with Crippen molar-refractivity contribution < 1.29 is 0 Å². The van der Waals surface area contributed by atoms with Crippen LogP contribution in [0.15, 0.2) is 59.2 Å². The Hall–Kier alpha value is -2.35. The van der Waals surface area contributed by atoms with E-state index in [1.54, 1.807) is 0 Å². The van der Waals surface area contributed by atoms with E-state index in [2.05, 4.69) is 85.7 Å². The van der Waals surface area contributed by atoms with E-state index in [0.29, 0.717) is 0 Å². The predicted molar refractivity (Wildman–Crippen MR) is 106 cm³/mol. The second-order valence-electron chi connectivity index (χ2n) is 6.53. The number of unbranched alkanes of at least 4 members (excludes halogenated alkanes) is 1. The van der Waals surface area contributed by atoms with Gasteiger partial charge in [-0.1, -0.05) is 55.8 Å². The minimum Gasteiger partial charge on any atom is -0.378 e.